The summed E-state index contributed by atoms with van der Waals surface area (Å²) >= 11 is 0. The molecule has 0 aliphatic heterocycles. The van der Waals surface area contributed by atoms with E-state index in [0.29, 0.717) is 13.0 Å². The van der Waals surface area contributed by atoms with Gasteiger partial charge in [-0.2, -0.15) is 0 Å². The lowest BCUT2D eigenvalue weighted by Crippen LogP contribution is -2.31. The minimum atomic E-state index is -1.76. The predicted octanol–water partition coefficient (Wildman–Crippen LogP) is 2.31. The van der Waals surface area contributed by atoms with Crippen LogP contribution in [0.4, 0.5) is 4.39 Å². The van der Waals surface area contributed by atoms with Crippen LogP contribution in [0.1, 0.15) is 74.6 Å². The Kier molecular flexibility index (Phi) is 12.2. The number of methoxy groups -OCH3 is 1. The molecule has 8 heteroatoms. The lowest BCUT2D eigenvalue weighted by Gasteiger charge is -2.08. The van der Waals surface area contributed by atoms with Crippen LogP contribution in [0.5, 0.6) is 0 Å². The number of hydrogen-bond acceptors (Lipinski definition) is 5. The zero-order valence-electron chi connectivity index (χ0n) is 16.6. The van der Waals surface area contributed by atoms with Gasteiger partial charge in [-0.05, 0) is 30.4 Å². The highest BCUT2D eigenvalue weighted by Gasteiger charge is 2.16. The van der Waals surface area contributed by atoms with Crippen LogP contribution in [0.15, 0.2) is 18.2 Å². The van der Waals surface area contributed by atoms with E-state index in [-0.39, 0.29) is 17.0 Å². The third-order valence-electron chi connectivity index (χ3n) is 4.61. The molecule has 156 valence electrons. The van der Waals surface area contributed by atoms with E-state index >= 15 is 0 Å². The maximum absolute atomic E-state index is 13.8. The van der Waals surface area contributed by atoms with Gasteiger partial charge in [0.2, 0.25) is 0 Å². The number of unbranched alkanes of at least 4 members (excludes halogenated alkanes) is 8. The standard InChI is InChI=1S/C20H31BFNO5/c1-28-19(24)11-9-7-5-3-2-4-6-8-10-14-23-20(25)17-13-12-16(21(26)27)15-18(17)22/h12-13,15,26-27H,2-11,14H2,1H3,(H,23,25). The second-order valence-electron chi connectivity index (χ2n) is 6.88. The van der Waals surface area contributed by atoms with Crippen LogP contribution in [0, 0.1) is 5.82 Å². The van der Waals surface area contributed by atoms with Gasteiger partial charge in [0.15, 0.2) is 0 Å². The summed E-state index contributed by atoms with van der Waals surface area (Å²) in [5.41, 5.74) is -0.0888. The van der Waals surface area contributed by atoms with Gasteiger partial charge in [-0.25, -0.2) is 4.39 Å². The highest BCUT2D eigenvalue weighted by molar-refractivity contribution is 6.58. The van der Waals surface area contributed by atoms with Crippen LogP contribution in [0.25, 0.3) is 0 Å². The van der Waals surface area contributed by atoms with Crippen LogP contribution in [-0.4, -0.2) is 42.7 Å². The maximum atomic E-state index is 13.8. The maximum Gasteiger partial charge on any atom is 0.488 e. The fourth-order valence-electron chi connectivity index (χ4n) is 2.91. The number of carbonyl (C=O) groups is 2. The number of hydrogen-bond donors (Lipinski definition) is 3. The Balaban J connectivity index is 2.03. The molecular formula is C20H31BFNO5. The van der Waals surface area contributed by atoms with E-state index in [9.17, 15) is 14.0 Å². The number of esters is 1. The first-order chi connectivity index (χ1) is 13.5. The van der Waals surface area contributed by atoms with Crippen molar-refractivity contribution < 1.29 is 28.8 Å². The van der Waals surface area contributed by atoms with Gasteiger partial charge in [0.25, 0.3) is 5.91 Å². The van der Waals surface area contributed by atoms with Crippen molar-refractivity contribution in [1.29, 1.82) is 0 Å². The third kappa shape index (κ3) is 9.85. The van der Waals surface area contributed by atoms with Gasteiger partial charge in [-0.3, -0.25) is 9.59 Å². The first-order valence-corrected chi connectivity index (χ1v) is 9.96. The second-order valence-corrected chi connectivity index (χ2v) is 6.88. The number of ether oxygens (including phenoxy) is 1. The molecule has 0 aliphatic carbocycles. The summed E-state index contributed by atoms with van der Waals surface area (Å²) in [5.74, 6) is -1.41. The van der Waals surface area contributed by atoms with E-state index in [1.54, 1.807) is 0 Å². The molecule has 1 aromatic rings. The smallest absolute Gasteiger partial charge is 0.469 e. The third-order valence-corrected chi connectivity index (χ3v) is 4.61. The molecule has 28 heavy (non-hydrogen) atoms. The molecule has 0 saturated heterocycles. The fourth-order valence-corrected chi connectivity index (χ4v) is 2.91. The van der Waals surface area contributed by atoms with Crippen molar-refractivity contribution in [3.05, 3.63) is 29.6 Å². The van der Waals surface area contributed by atoms with E-state index in [0.717, 1.165) is 57.4 Å². The monoisotopic (exact) mass is 395 g/mol. The number of benzene rings is 1. The number of carbonyl (C=O) groups excluding carboxylic acids is 2. The van der Waals surface area contributed by atoms with Crippen molar-refractivity contribution in [1.82, 2.24) is 5.32 Å². The average Bonchev–Trinajstić information content (AvgIpc) is 2.68. The normalized spacial score (nSPS) is 10.6. The number of rotatable bonds is 14. The van der Waals surface area contributed by atoms with Gasteiger partial charge in [-0.1, -0.05) is 51.0 Å². The minimum Gasteiger partial charge on any atom is -0.469 e. The predicted molar refractivity (Wildman–Crippen MR) is 107 cm³/mol. The Labute approximate surface area is 166 Å². The number of amides is 1. The molecule has 0 saturated carbocycles. The van der Waals surface area contributed by atoms with Gasteiger partial charge in [0, 0.05) is 13.0 Å². The fraction of sp³-hybridized carbons (Fsp3) is 0.600. The summed E-state index contributed by atoms with van der Waals surface area (Å²) < 4.78 is 18.4. The summed E-state index contributed by atoms with van der Waals surface area (Å²) in [6.45, 7) is 0.482. The Morgan fingerprint density at radius 3 is 2.11 bits per heavy atom. The average molecular weight is 395 g/mol. The molecule has 0 aliphatic rings. The highest BCUT2D eigenvalue weighted by atomic mass is 19.1. The molecule has 3 N–H and O–H groups in total. The molecule has 0 spiro atoms. The SMILES string of the molecule is COC(=O)CCCCCCCCCCCNC(=O)c1ccc(B(O)O)cc1F. The molecule has 1 rings (SSSR count). The number of nitrogens with one attached hydrogen (secondary N) is 1. The van der Waals surface area contributed by atoms with Crippen molar-refractivity contribution in [2.45, 2.75) is 64.2 Å². The van der Waals surface area contributed by atoms with Crippen molar-refractivity contribution >= 4 is 24.5 Å². The molecular weight excluding hydrogens is 364 g/mol. The quantitative estimate of drug-likeness (QED) is 0.255. The molecule has 0 fully saturated rings. The second kappa shape index (κ2) is 14.1. The Bertz CT molecular complexity index is 612. The van der Waals surface area contributed by atoms with Gasteiger partial charge >= 0.3 is 13.1 Å². The van der Waals surface area contributed by atoms with Crippen molar-refractivity contribution in [3.63, 3.8) is 0 Å². The Hall–Kier alpha value is -1.93. The summed E-state index contributed by atoms with van der Waals surface area (Å²) in [7, 11) is -0.348. The zero-order valence-corrected chi connectivity index (χ0v) is 16.6. The molecule has 6 nitrogen and oxygen atoms in total. The molecule has 0 unspecified atom stereocenters. The van der Waals surface area contributed by atoms with Gasteiger partial charge in [0.05, 0.1) is 12.7 Å². The molecule has 0 aromatic heterocycles. The summed E-state index contributed by atoms with van der Waals surface area (Å²) in [6.07, 6.45) is 9.96. The van der Waals surface area contributed by atoms with Gasteiger partial charge < -0.3 is 20.1 Å². The van der Waals surface area contributed by atoms with Crippen LogP contribution in [0.2, 0.25) is 0 Å². The number of halogens is 1. The lowest BCUT2D eigenvalue weighted by atomic mass is 9.80. The lowest BCUT2D eigenvalue weighted by molar-refractivity contribution is -0.140. The molecule has 0 atom stereocenters. The van der Waals surface area contributed by atoms with Crippen LogP contribution >= 0.6 is 0 Å². The van der Waals surface area contributed by atoms with Crippen molar-refractivity contribution in [2.75, 3.05) is 13.7 Å². The molecule has 0 bridgehead atoms. The van der Waals surface area contributed by atoms with Crippen LogP contribution in [-0.2, 0) is 9.53 Å². The largest absolute Gasteiger partial charge is 0.488 e. The van der Waals surface area contributed by atoms with E-state index in [2.05, 4.69) is 10.1 Å². The first kappa shape index (κ1) is 24.1. The van der Waals surface area contributed by atoms with E-state index in [1.807, 2.05) is 0 Å². The molecule has 1 aromatic carbocycles. The summed E-state index contributed by atoms with van der Waals surface area (Å²) in [6, 6.07) is 3.53. The van der Waals surface area contributed by atoms with Crippen molar-refractivity contribution in [3.8, 4) is 0 Å². The van der Waals surface area contributed by atoms with Crippen LogP contribution in [0.3, 0.4) is 0 Å². The topological polar surface area (TPSA) is 95.9 Å². The molecule has 0 radical (unpaired) electrons. The zero-order chi connectivity index (χ0) is 20.8. The van der Waals surface area contributed by atoms with Gasteiger partial charge in [-0.15, -0.1) is 0 Å². The first-order valence-electron chi connectivity index (χ1n) is 9.96. The van der Waals surface area contributed by atoms with E-state index in [1.165, 1.54) is 25.7 Å². The molecule has 0 heterocycles. The van der Waals surface area contributed by atoms with Crippen molar-refractivity contribution in [2.24, 2.45) is 0 Å². The van der Waals surface area contributed by atoms with Gasteiger partial charge in [0.1, 0.15) is 5.82 Å². The highest BCUT2D eigenvalue weighted by Crippen LogP contribution is 2.11. The van der Waals surface area contributed by atoms with Crippen LogP contribution < -0.4 is 10.8 Å². The summed E-state index contributed by atoms with van der Waals surface area (Å²) in [5, 5.41) is 20.7. The molecule has 1 amide bonds. The summed E-state index contributed by atoms with van der Waals surface area (Å²) in [4.78, 5) is 22.9. The Morgan fingerprint density at radius 2 is 1.57 bits per heavy atom. The van der Waals surface area contributed by atoms with E-state index < -0.39 is 18.8 Å². The Morgan fingerprint density at radius 1 is 1.00 bits per heavy atom. The van der Waals surface area contributed by atoms with E-state index in [4.69, 9.17) is 10.0 Å². The minimum absolute atomic E-state index is 0.0116.